The summed E-state index contributed by atoms with van der Waals surface area (Å²) in [6, 6.07) is 5.00. The molecule has 16 heavy (non-hydrogen) atoms. The van der Waals surface area contributed by atoms with Gasteiger partial charge in [0.1, 0.15) is 0 Å². The zero-order chi connectivity index (χ0) is 12.1. The van der Waals surface area contributed by atoms with E-state index in [1.54, 1.807) is 6.07 Å². The topological polar surface area (TPSA) is 35.2 Å². The number of halogens is 1. The quantitative estimate of drug-likeness (QED) is 0.836. The van der Waals surface area contributed by atoms with Crippen molar-refractivity contribution in [1.82, 2.24) is 0 Å². The van der Waals surface area contributed by atoms with Crippen molar-refractivity contribution in [3.8, 4) is 5.75 Å². The Kier molecular flexibility index (Phi) is 4.74. The Hall–Kier alpha value is -1.09. The summed E-state index contributed by atoms with van der Waals surface area (Å²) in [6.45, 7) is 4.26. The van der Waals surface area contributed by atoms with Gasteiger partial charge in [-0.3, -0.25) is 0 Å². The van der Waals surface area contributed by atoms with Crippen LogP contribution in [0.4, 0.5) is 4.39 Å². The van der Waals surface area contributed by atoms with E-state index in [4.69, 9.17) is 10.5 Å². The van der Waals surface area contributed by atoms with Gasteiger partial charge in [0, 0.05) is 6.04 Å². The summed E-state index contributed by atoms with van der Waals surface area (Å²) in [5, 5.41) is 0. The van der Waals surface area contributed by atoms with Crippen LogP contribution in [0.5, 0.6) is 5.75 Å². The third-order valence-corrected chi connectivity index (χ3v) is 2.51. The maximum absolute atomic E-state index is 13.4. The van der Waals surface area contributed by atoms with Gasteiger partial charge in [0.15, 0.2) is 11.6 Å². The van der Waals surface area contributed by atoms with Crippen molar-refractivity contribution in [1.29, 1.82) is 0 Å². The number of para-hydroxylation sites is 1. The zero-order valence-electron chi connectivity index (χ0n) is 10.2. The van der Waals surface area contributed by atoms with E-state index >= 15 is 0 Å². The monoisotopic (exact) mass is 225 g/mol. The number of benzene rings is 1. The molecule has 1 aromatic rings. The second-order valence-electron chi connectivity index (χ2n) is 4.53. The van der Waals surface area contributed by atoms with Crippen molar-refractivity contribution >= 4 is 0 Å². The molecule has 3 heteroatoms. The molecule has 0 bridgehead atoms. The Morgan fingerprint density at radius 2 is 2.06 bits per heavy atom. The van der Waals surface area contributed by atoms with Gasteiger partial charge in [0.2, 0.25) is 0 Å². The predicted molar refractivity (Wildman–Crippen MR) is 64.1 cm³/mol. The van der Waals surface area contributed by atoms with Crippen molar-refractivity contribution in [2.45, 2.75) is 32.7 Å². The largest absolute Gasteiger partial charge is 0.493 e. The van der Waals surface area contributed by atoms with E-state index in [0.29, 0.717) is 18.1 Å². The van der Waals surface area contributed by atoms with Crippen LogP contribution in [-0.4, -0.2) is 13.2 Å². The fourth-order valence-corrected chi connectivity index (χ4v) is 1.91. The van der Waals surface area contributed by atoms with Gasteiger partial charge in [-0.15, -0.1) is 0 Å². The smallest absolute Gasteiger partial charge is 0.165 e. The van der Waals surface area contributed by atoms with Crippen LogP contribution in [0.25, 0.3) is 0 Å². The first-order valence-corrected chi connectivity index (χ1v) is 5.61. The highest BCUT2D eigenvalue weighted by Gasteiger charge is 2.13. The number of nitrogens with two attached hydrogens (primary N) is 1. The lowest BCUT2D eigenvalue weighted by atomic mass is 9.97. The molecule has 1 unspecified atom stereocenters. The molecule has 0 spiro atoms. The van der Waals surface area contributed by atoms with Gasteiger partial charge in [-0.1, -0.05) is 26.0 Å². The Bertz CT molecular complexity index is 339. The minimum atomic E-state index is -0.322. The van der Waals surface area contributed by atoms with Crippen LogP contribution >= 0.6 is 0 Å². The SMILES string of the molecule is COc1c(F)cccc1CC(N)CC(C)C. The Morgan fingerprint density at radius 3 is 2.62 bits per heavy atom. The molecule has 0 amide bonds. The van der Waals surface area contributed by atoms with E-state index in [1.165, 1.54) is 13.2 Å². The molecule has 1 rings (SSSR count). The molecule has 2 nitrogen and oxygen atoms in total. The summed E-state index contributed by atoms with van der Waals surface area (Å²) in [5.41, 5.74) is 6.85. The second kappa shape index (κ2) is 5.85. The summed E-state index contributed by atoms with van der Waals surface area (Å²) < 4.78 is 18.4. The predicted octanol–water partition coefficient (Wildman–Crippen LogP) is 2.75. The van der Waals surface area contributed by atoms with Crippen LogP contribution in [0, 0.1) is 11.7 Å². The van der Waals surface area contributed by atoms with Crippen molar-refractivity contribution in [3.63, 3.8) is 0 Å². The van der Waals surface area contributed by atoms with Crippen LogP contribution in [-0.2, 0) is 6.42 Å². The summed E-state index contributed by atoms with van der Waals surface area (Å²) in [5.74, 6) is 0.549. The molecule has 0 saturated heterocycles. The summed E-state index contributed by atoms with van der Waals surface area (Å²) in [4.78, 5) is 0. The molecule has 0 heterocycles. The van der Waals surface area contributed by atoms with Crippen molar-refractivity contribution < 1.29 is 9.13 Å². The molecule has 90 valence electrons. The number of rotatable bonds is 5. The van der Waals surface area contributed by atoms with Crippen molar-refractivity contribution in [2.75, 3.05) is 7.11 Å². The maximum atomic E-state index is 13.4. The molecule has 0 aliphatic heterocycles. The molecule has 0 radical (unpaired) electrons. The van der Waals surface area contributed by atoms with Gasteiger partial charge in [-0.25, -0.2) is 4.39 Å². The van der Waals surface area contributed by atoms with E-state index in [9.17, 15) is 4.39 Å². The molecule has 1 atom stereocenters. The summed E-state index contributed by atoms with van der Waals surface area (Å²) in [6.07, 6.45) is 1.58. The number of methoxy groups -OCH3 is 1. The molecule has 2 N–H and O–H groups in total. The van der Waals surface area contributed by atoms with Gasteiger partial charge >= 0.3 is 0 Å². The van der Waals surface area contributed by atoms with Crippen molar-refractivity contribution in [3.05, 3.63) is 29.6 Å². The lowest BCUT2D eigenvalue weighted by molar-refractivity contribution is 0.378. The average molecular weight is 225 g/mol. The molecular weight excluding hydrogens is 205 g/mol. The van der Waals surface area contributed by atoms with Crippen LogP contribution in [0.3, 0.4) is 0 Å². The zero-order valence-corrected chi connectivity index (χ0v) is 10.2. The highest BCUT2D eigenvalue weighted by Crippen LogP contribution is 2.24. The van der Waals surface area contributed by atoms with Crippen LogP contribution in [0.2, 0.25) is 0 Å². The second-order valence-corrected chi connectivity index (χ2v) is 4.53. The van der Waals surface area contributed by atoms with E-state index in [0.717, 1.165) is 12.0 Å². The highest BCUT2D eigenvalue weighted by atomic mass is 19.1. The average Bonchev–Trinajstić information content (AvgIpc) is 2.16. The van der Waals surface area contributed by atoms with Crippen LogP contribution in [0.15, 0.2) is 18.2 Å². The van der Waals surface area contributed by atoms with Crippen molar-refractivity contribution in [2.24, 2.45) is 11.7 Å². The van der Waals surface area contributed by atoms with Crippen LogP contribution < -0.4 is 10.5 Å². The highest BCUT2D eigenvalue weighted by molar-refractivity contribution is 5.35. The summed E-state index contributed by atoms with van der Waals surface area (Å²) in [7, 11) is 1.48. The molecule has 0 saturated carbocycles. The number of hydrogen-bond donors (Lipinski definition) is 1. The fourth-order valence-electron chi connectivity index (χ4n) is 1.91. The minimum Gasteiger partial charge on any atom is -0.493 e. The molecule has 0 aromatic heterocycles. The number of hydrogen-bond acceptors (Lipinski definition) is 2. The minimum absolute atomic E-state index is 0.0516. The first kappa shape index (κ1) is 13.0. The van der Waals surface area contributed by atoms with Crippen LogP contribution in [0.1, 0.15) is 25.8 Å². The Morgan fingerprint density at radius 1 is 1.38 bits per heavy atom. The molecule has 1 aromatic carbocycles. The Labute approximate surface area is 96.6 Å². The van der Waals surface area contributed by atoms with E-state index in [1.807, 2.05) is 6.07 Å². The first-order valence-electron chi connectivity index (χ1n) is 5.61. The molecule has 0 fully saturated rings. The van der Waals surface area contributed by atoms with E-state index < -0.39 is 0 Å². The van der Waals surface area contributed by atoms with Gasteiger partial charge in [-0.05, 0) is 30.4 Å². The maximum Gasteiger partial charge on any atom is 0.165 e. The number of ether oxygens (including phenoxy) is 1. The van der Waals surface area contributed by atoms with Gasteiger partial charge in [0.25, 0.3) is 0 Å². The first-order chi connectivity index (χ1) is 7.54. The lowest BCUT2D eigenvalue weighted by Crippen LogP contribution is -2.25. The normalized spacial score (nSPS) is 12.9. The van der Waals surface area contributed by atoms with Gasteiger partial charge in [-0.2, -0.15) is 0 Å². The Balaban J connectivity index is 2.76. The van der Waals surface area contributed by atoms with Gasteiger partial charge in [0.05, 0.1) is 7.11 Å². The third kappa shape index (κ3) is 3.49. The van der Waals surface area contributed by atoms with E-state index in [2.05, 4.69) is 13.8 Å². The summed E-state index contributed by atoms with van der Waals surface area (Å²) >= 11 is 0. The fraction of sp³-hybridized carbons (Fsp3) is 0.538. The lowest BCUT2D eigenvalue weighted by Gasteiger charge is -2.16. The standard InChI is InChI=1S/C13H20FNO/c1-9(2)7-11(15)8-10-5-4-6-12(14)13(10)16-3/h4-6,9,11H,7-8,15H2,1-3H3. The molecule has 0 aliphatic rings. The van der Waals surface area contributed by atoms with E-state index in [-0.39, 0.29) is 11.9 Å². The van der Waals surface area contributed by atoms with Gasteiger partial charge < -0.3 is 10.5 Å². The third-order valence-electron chi connectivity index (χ3n) is 2.51. The molecule has 0 aliphatic carbocycles. The molecular formula is C13H20FNO.